The Bertz CT molecular complexity index is 2850. The molecule has 2 unspecified atom stereocenters. The van der Waals surface area contributed by atoms with E-state index in [4.69, 9.17) is 0 Å². The van der Waals surface area contributed by atoms with Crippen LogP contribution in [0.3, 0.4) is 0 Å². The predicted molar refractivity (Wildman–Crippen MR) is 260 cm³/mol. The molecule has 58 heavy (non-hydrogen) atoms. The Labute approximate surface area is 358 Å². The average molecular weight is 978 g/mol. The molecule has 0 N–H and O–H groups in total. The SMILES string of the molecule is CCCC1=Cc2c(-c3cccc4c3ccc3ccccc34)cccc2[CH]1[Hf]([CH3])([CH3])(=[SiH2])[CH]1C(CCC)=Cc2c(-c3cccc4c3ccc3ccccc34)cccc21.Cl.Cl. The molecule has 0 spiro atoms. The molecule has 2 atom stereocenters. The molecule has 0 aliphatic heterocycles. The molecule has 10 rings (SSSR count). The van der Waals surface area contributed by atoms with Gasteiger partial charge in [-0.15, -0.1) is 24.8 Å². The molecule has 0 heterocycles. The molecule has 0 fully saturated rings. The molecule has 8 aromatic carbocycles. The summed E-state index contributed by atoms with van der Waals surface area (Å²) < 4.78 is 6.66. The molecule has 0 amide bonds. The van der Waals surface area contributed by atoms with Crippen LogP contribution in [-0.2, 0) is 17.1 Å². The van der Waals surface area contributed by atoms with Crippen LogP contribution in [-0.4, -0.2) is 6.94 Å². The first-order valence-electron chi connectivity index (χ1n) is 20.8. The van der Waals surface area contributed by atoms with Gasteiger partial charge in [0.05, 0.1) is 0 Å². The van der Waals surface area contributed by atoms with Crippen molar-refractivity contribution in [2.24, 2.45) is 0 Å². The van der Waals surface area contributed by atoms with Crippen molar-refractivity contribution in [3.8, 4) is 22.3 Å². The summed E-state index contributed by atoms with van der Waals surface area (Å²) in [6.07, 6.45) is 9.96. The van der Waals surface area contributed by atoms with Gasteiger partial charge in [0, 0.05) is 0 Å². The second kappa shape index (κ2) is 15.5. The average Bonchev–Trinajstić information content (AvgIpc) is 3.80. The summed E-state index contributed by atoms with van der Waals surface area (Å²) in [7, 11) is 0. The number of benzene rings is 8. The maximum absolute atomic E-state index is 4.00. The van der Waals surface area contributed by atoms with Crippen LogP contribution in [0.5, 0.6) is 0 Å². The van der Waals surface area contributed by atoms with Gasteiger partial charge in [-0.1, -0.05) is 0 Å². The van der Waals surface area contributed by atoms with Gasteiger partial charge in [0.1, 0.15) is 0 Å². The molecule has 2 aliphatic rings. The quantitative estimate of drug-likeness (QED) is 0.105. The van der Waals surface area contributed by atoms with E-state index in [0.29, 0.717) is 7.35 Å². The molecule has 0 saturated carbocycles. The van der Waals surface area contributed by atoms with Crippen molar-refractivity contribution in [1.82, 2.24) is 0 Å². The van der Waals surface area contributed by atoms with Crippen molar-refractivity contribution in [1.29, 1.82) is 0 Å². The molecule has 0 radical (unpaired) electrons. The first-order chi connectivity index (χ1) is 27.3. The number of allylic oxidation sites excluding steroid dienone is 2. The van der Waals surface area contributed by atoms with Crippen molar-refractivity contribution >= 4 is 87.0 Å². The van der Waals surface area contributed by atoms with E-state index in [2.05, 4.69) is 188 Å². The summed E-state index contributed by atoms with van der Waals surface area (Å²) >= 11 is -4.00. The van der Waals surface area contributed by atoms with Crippen molar-refractivity contribution < 1.29 is 17.1 Å². The van der Waals surface area contributed by atoms with Crippen LogP contribution in [0, 0.1) is 0 Å². The second-order valence-electron chi connectivity index (χ2n) is 17.7. The summed E-state index contributed by atoms with van der Waals surface area (Å²) in [4.78, 5) is 0. The Morgan fingerprint density at radius 1 is 0.414 bits per heavy atom. The fourth-order valence-corrected chi connectivity index (χ4v) is 40.0. The summed E-state index contributed by atoms with van der Waals surface area (Å²) in [6, 6.07) is 55.4. The fourth-order valence-electron chi connectivity index (χ4n) is 11.4. The maximum atomic E-state index is 2.83. The van der Waals surface area contributed by atoms with Crippen LogP contribution >= 0.6 is 24.8 Å². The van der Waals surface area contributed by atoms with Crippen molar-refractivity contribution in [2.75, 3.05) is 0 Å². The van der Waals surface area contributed by atoms with Gasteiger partial charge in [-0.3, -0.25) is 0 Å². The van der Waals surface area contributed by atoms with Gasteiger partial charge >= 0.3 is 337 Å². The Kier molecular flexibility index (Phi) is 10.9. The van der Waals surface area contributed by atoms with E-state index in [9.17, 15) is 0 Å². The van der Waals surface area contributed by atoms with Gasteiger partial charge in [-0.2, -0.15) is 0 Å². The third-order valence-electron chi connectivity index (χ3n) is 13.4. The van der Waals surface area contributed by atoms with E-state index in [1.165, 1.54) is 89.3 Å². The van der Waals surface area contributed by atoms with E-state index >= 15 is 0 Å². The molecule has 2 aliphatic carbocycles. The minimum Gasteiger partial charge on any atom is -0.147 e. The molecule has 290 valence electrons. The zero-order chi connectivity index (χ0) is 38.2. The van der Waals surface area contributed by atoms with Crippen LogP contribution in [0.1, 0.15) is 69.1 Å². The van der Waals surface area contributed by atoms with E-state index in [1.54, 1.807) is 22.3 Å². The smallest absolute Gasteiger partial charge is 0.147 e. The van der Waals surface area contributed by atoms with E-state index in [-0.39, 0.29) is 24.8 Å². The predicted octanol–water partition coefficient (Wildman–Crippen LogP) is 16.0. The van der Waals surface area contributed by atoms with Crippen LogP contribution in [0.25, 0.3) is 77.5 Å². The number of fused-ring (bicyclic) bond motifs is 8. The normalized spacial score (nSPS) is 16.2. The third kappa shape index (κ3) is 6.33. The van der Waals surface area contributed by atoms with Gasteiger partial charge in [0.2, 0.25) is 0 Å². The Morgan fingerprint density at radius 2 is 0.793 bits per heavy atom. The Hall–Kier alpha value is -4.05. The topological polar surface area (TPSA) is 0 Å². The number of hydrogen-bond donors (Lipinski definition) is 0. The van der Waals surface area contributed by atoms with Crippen molar-refractivity contribution in [2.45, 2.75) is 56.2 Å². The number of halogens is 2. The third-order valence-corrected chi connectivity index (χ3v) is 38.6. The summed E-state index contributed by atoms with van der Waals surface area (Å²) in [6.45, 7) is 7.25. The summed E-state index contributed by atoms with van der Waals surface area (Å²) in [5, 5.41) is 10.6. The molecular formula is C54H52Cl2HfSi. The Morgan fingerprint density at radius 3 is 1.22 bits per heavy atom. The molecule has 0 saturated heterocycles. The van der Waals surface area contributed by atoms with Gasteiger partial charge in [-0.25, -0.2) is 0 Å². The number of hydrogen-bond acceptors (Lipinski definition) is 0. The van der Waals surface area contributed by atoms with E-state index in [0.717, 1.165) is 12.8 Å². The zero-order valence-corrected chi connectivity index (χ0v) is 40.7. The molecule has 0 aromatic heterocycles. The standard InChI is InChI=1S/2C26H21.2CH3.2ClH.Hf.H2Si/c2*1-2-7-18-16-20-9-5-11-24(26(20)17-18)23-13-6-12-22-21-10-4-3-8-19(21)14-15-25(22)23;;;;;;/h2*3-6,8-17H,2,7H2,1H3;2*1H3;2*1H;;1H2. The molecule has 0 nitrogen and oxygen atoms in total. The number of rotatable bonds is 8. The van der Waals surface area contributed by atoms with Crippen molar-refractivity contribution in [3.63, 3.8) is 0 Å². The van der Waals surface area contributed by atoms with E-state index < -0.39 is 17.1 Å². The van der Waals surface area contributed by atoms with E-state index in [1.807, 2.05) is 0 Å². The Balaban J connectivity index is 0.00000235. The zero-order valence-electron chi connectivity index (χ0n) is 34.0. The first-order valence-corrected chi connectivity index (χ1v) is 40.5. The van der Waals surface area contributed by atoms with Crippen LogP contribution < -0.4 is 0 Å². The molecule has 8 aromatic rings. The van der Waals surface area contributed by atoms with Gasteiger partial charge in [0.25, 0.3) is 0 Å². The molecule has 4 heteroatoms. The van der Waals surface area contributed by atoms with Gasteiger partial charge in [-0.05, 0) is 0 Å². The molecule has 0 bridgehead atoms. The van der Waals surface area contributed by atoms with Crippen LogP contribution in [0.15, 0.2) is 157 Å². The molecular weight excluding hydrogens is 926 g/mol. The maximum Gasteiger partial charge on any atom is -0.147 e. The van der Waals surface area contributed by atoms with Crippen molar-refractivity contribution in [3.05, 3.63) is 179 Å². The monoisotopic (exact) mass is 978 g/mol. The minimum atomic E-state index is -4.00. The van der Waals surface area contributed by atoms with Gasteiger partial charge in [0.15, 0.2) is 0 Å². The van der Waals surface area contributed by atoms with Gasteiger partial charge < -0.3 is 0 Å². The van der Waals surface area contributed by atoms with Crippen LogP contribution in [0.2, 0.25) is 9.36 Å². The summed E-state index contributed by atoms with van der Waals surface area (Å²) in [5.41, 5.74) is 14.9. The largest absolute Gasteiger partial charge is 0.147 e. The second-order valence-corrected chi connectivity index (χ2v) is 61.2. The van der Waals surface area contributed by atoms with Crippen LogP contribution in [0.4, 0.5) is 0 Å². The fraction of sp³-hybridized carbons (Fsp3) is 0.185. The minimum absolute atomic E-state index is 0. The summed E-state index contributed by atoms with van der Waals surface area (Å²) in [5.74, 6) is 0. The first kappa shape index (κ1) is 40.7.